The highest BCUT2D eigenvalue weighted by Crippen LogP contribution is 2.20. The summed E-state index contributed by atoms with van der Waals surface area (Å²) in [5.41, 5.74) is 0. The van der Waals surface area contributed by atoms with E-state index >= 15 is 0 Å². The summed E-state index contributed by atoms with van der Waals surface area (Å²) in [5.74, 6) is 0.323. The van der Waals surface area contributed by atoms with Gasteiger partial charge in [-0.05, 0) is 38.5 Å². The van der Waals surface area contributed by atoms with E-state index in [1.165, 1.54) is 44.9 Å². The molecule has 3 nitrogen and oxygen atoms in total. The molecule has 1 aliphatic carbocycles. The Morgan fingerprint density at radius 2 is 1.88 bits per heavy atom. The summed E-state index contributed by atoms with van der Waals surface area (Å²) in [6.45, 7) is 3.73. The minimum Gasteiger partial charge on any atom is -0.339 e. The first-order valence-electron chi connectivity index (χ1n) is 7.34. The second-order valence-corrected chi connectivity index (χ2v) is 5.51. The van der Waals surface area contributed by atoms with Crippen molar-refractivity contribution in [1.82, 2.24) is 10.2 Å². The summed E-state index contributed by atoms with van der Waals surface area (Å²) in [6.07, 6.45) is 9.94. The second-order valence-electron chi connectivity index (χ2n) is 5.51. The highest BCUT2D eigenvalue weighted by molar-refractivity contribution is 5.78. The van der Waals surface area contributed by atoms with E-state index in [-0.39, 0.29) is 0 Å². The average molecular weight is 238 g/mol. The number of carbonyl (C=O) groups is 1. The number of nitrogens with zero attached hydrogens (tertiary/aromatic N) is 1. The Labute approximate surface area is 105 Å². The minimum atomic E-state index is 0.323. The van der Waals surface area contributed by atoms with E-state index in [2.05, 4.69) is 17.1 Å². The molecule has 1 amide bonds. The molecule has 0 aromatic heterocycles. The number of likely N-dealkylation sites (tertiary alicyclic amines) is 1. The molecule has 98 valence electrons. The molecule has 1 saturated carbocycles. The van der Waals surface area contributed by atoms with Crippen LogP contribution in [0.1, 0.15) is 58.3 Å². The van der Waals surface area contributed by atoms with E-state index in [0.29, 0.717) is 24.5 Å². The quantitative estimate of drug-likeness (QED) is 0.815. The third kappa shape index (κ3) is 3.44. The molecule has 1 saturated heterocycles. The highest BCUT2D eigenvalue weighted by atomic mass is 16.2. The number of carbonyl (C=O) groups excluding carboxylic acids is 1. The van der Waals surface area contributed by atoms with Gasteiger partial charge in [0, 0.05) is 18.6 Å². The number of hydrogen-bond donors (Lipinski definition) is 1. The fourth-order valence-corrected chi connectivity index (χ4v) is 3.22. The smallest absolute Gasteiger partial charge is 0.236 e. The van der Waals surface area contributed by atoms with Crippen LogP contribution >= 0.6 is 0 Å². The van der Waals surface area contributed by atoms with Crippen LogP contribution in [-0.4, -0.2) is 36.0 Å². The molecule has 0 bridgehead atoms. The van der Waals surface area contributed by atoms with Gasteiger partial charge in [0.25, 0.3) is 0 Å². The van der Waals surface area contributed by atoms with Gasteiger partial charge < -0.3 is 10.2 Å². The number of amides is 1. The van der Waals surface area contributed by atoms with Crippen molar-refractivity contribution in [2.24, 2.45) is 0 Å². The van der Waals surface area contributed by atoms with Crippen LogP contribution in [0.4, 0.5) is 0 Å². The van der Waals surface area contributed by atoms with Gasteiger partial charge in [0.15, 0.2) is 0 Å². The van der Waals surface area contributed by atoms with Crippen LogP contribution in [0.3, 0.4) is 0 Å². The minimum absolute atomic E-state index is 0.323. The van der Waals surface area contributed by atoms with Crippen molar-refractivity contribution in [1.29, 1.82) is 0 Å². The van der Waals surface area contributed by atoms with Gasteiger partial charge in [-0.25, -0.2) is 0 Å². The molecule has 1 unspecified atom stereocenters. The Morgan fingerprint density at radius 3 is 2.59 bits per heavy atom. The third-order valence-electron chi connectivity index (χ3n) is 4.32. The molecule has 1 aliphatic heterocycles. The molecule has 1 N–H and O–H groups in total. The lowest BCUT2D eigenvalue weighted by Gasteiger charge is -2.35. The first-order chi connectivity index (χ1) is 8.31. The van der Waals surface area contributed by atoms with Crippen molar-refractivity contribution in [3.05, 3.63) is 0 Å². The van der Waals surface area contributed by atoms with Crippen molar-refractivity contribution in [3.8, 4) is 0 Å². The maximum absolute atomic E-state index is 12.2. The summed E-state index contributed by atoms with van der Waals surface area (Å²) < 4.78 is 0. The van der Waals surface area contributed by atoms with Crippen LogP contribution in [-0.2, 0) is 4.79 Å². The maximum Gasteiger partial charge on any atom is 0.236 e. The number of hydrogen-bond acceptors (Lipinski definition) is 2. The molecular formula is C14H26N2O. The lowest BCUT2D eigenvalue weighted by atomic mass is 10.00. The predicted octanol–water partition coefficient (Wildman–Crippen LogP) is 2.31. The maximum atomic E-state index is 12.2. The standard InChI is InChI=1S/C14H26N2O/c1-2-13-9-5-6-10-16(13)14(17)11-15-12-7-3-4-8-12/h12-13,15H,2-11H2,1H3. The Hall–Kier alpha value is -0.570. The van der Waals surface area contributed by atoms with Gasteiger partial charge >= 0.3 is 0 Å². The fourth-order valence-electron chi connectivity index (χ4n) is 3.22. The lowest BCUT2D eigenvalue weighted by Crippen LogP contribution is -2.48. The Morgan fingerprint density at radius 1 is 1.18 bits per heavy atom. The summed E-state index contributed by atoms with van der Waals surface area (Å²) >= 11 is 0. The molecule has 0 aromatic carbocycles. The van der Waals surface area contributed by atoms with Crippen LogP contribution in [0, 0.1) is 0 Å². The molecule has 3 heteroatoms. The number of piperidine rings is 1. The van der Waals surface area contributed by atoms with Crippen LogP contribution in [0.2, 0.25) is 0 Å². The molecule has 2 aliphatic rings. The summed E-state index contributed by atoms with van der Waals surface area (Å²) in [7, 11) is 0. The summed E-state index contributed by atoms with van der Waals surface area (Å²) in [5, 5.41) is 3.43. The van der Waals surface area contributed by atoms with Gasteiger partial charge in [-0.3, -0.25) is 4.79 Å². The van der Waals surface area contributed by atoms with E-state index in [9.17, 15) is 4.79 Å². The molecule has 17 heavy (non-hydrogen) atoms. The second kappa shape index (κ2) is 6.39. The molecule has 0 radical (unpaired) electrons. The average Bonchev–Trinajstić information content (AvgIpc) is 2.89. The topological polar surface area (TPSA) is 32.3 Å². The lowest BCUT2D eigenvalue weighted by molar-refractivity contribution is -0.134. The van der Waals surface area contributed by atoms with Gasteiger partial charge in [-0.15, -0.1) is 0 Å². The van der Waals surface area contributed by atoms with Crippen molar-refractivity contribution in [3.63, 3.8) is 0 Å². The zero-order chi connectivity index (χ0) is 12.1. The first kappa shape index (κ1) is 12.9. The third-order valence-corrected chi connectivity index (χ3v) is 4.32. The van der Waals surface area contributed by atoms with Crippen LogP contribution in [0.5, 0.6) is 0 Å². The normalized spacial score (nSPS) is 26.4. The van der Waals surface area contributed by atoms with Gasteiger partial charge in [0.1, 0.15) is 0 Å². The van der Waals surface area contributed by atoms with E-state index in [4.69, 9.17) is 0 Å². The van der Waals surface area contributed by atoms with Crippen molar-refractivity contribution in [2.75, 3.05) is 13.1 Å². The van der Waals surface area contributed by atoms with Gasteiger partial charge in [0.05, 0.1) is 6.54 Å². The molecule has 0 spiro atoms. The highest BCUT2D eigenvalue weighted by Gasteiger charge is 2.25. The fraction of sp³-hybridized carbons (Fsp3) is 0.929. The summed E-state index contributed by atoms with van der Waals surface area (Å²) in [6, 6.07) is 1.10. The zero-order valence-corrected chi connectivity index (χ0v) is 11.1. The van der Waals surface area contributed by atoms with E-state index in [0.717, 1.165) is 13.0 Å². The van der Waals surface area contributed by atoms with Crippen molar-refractivity contribution < 1.29 is 4.79 Å². The largest absolute Gasteiger partial charge is 0.339 e. The molecule has 0 aromatic rings. The predicted molar refractivity (Wildman–Crippen MR) is 69.9 cm³/mol. The molecule has 2 fully saturated rings. The monoisotopic (exact) mass is 238 g/mol. The number of rotatable bonds is 4. The van der Waals surface area contributed by atoms with Crippen molar-refractivity contribution >= 4 is 5.91 Å². The Bertz CT molecular complexity index is 249. The van der Waals surface area contributed by atoms with Gasteiger partial charge in [-0.2, -0.15) is 0 Å². The SMILES string of the molecule is CCC1CCCCN1C(=O)CNC1CCCC1. The van der Waals surface area contributed by atoms with Crippen LogP contribution in [0.25, 0.3) is 0 Å². The van der Waals surface area contributed by atoms with Crippen LogP contribution in [0.15, 0.2) is 0 Å². The van der Waals surface area contributed by atoms with Gasteiger partial charge in [-0.1, -0.05) is 19.8 Å². The van der Waals surface area contributed by atoms with E-state index < -0.39 is 0 Å². The Balaban J connectivity index is 1.76. The van der Waals surface area contributed by atoms with Crippen LogP contribution < -0.4 is 5.32 Å². The Kier molecular flexibility index (Phi) is 4.84. The molecule has 2 rings (SSSR count). The van der Waals surface area contributed by atoms with Gasteiger partial charge in [0.2, 0.25) is 5.91 Å². The molecule has 1 heterocycles. The molecule has 1 atom stereocenters. The van der Waals surface area contributed by atoms with E-state index in [1.807, 2.05) is 0 Å². The summed E-state index contributed by atoms with van der Waals surface area (Å²) in [4.78, 5) is 14.3. The van der Waals surface area contributed by atoms with Crippen molar-refractivity contribution in [2.45, 2.75) is 70.4 Å². The molecular weight excluding hydrogens is 212 g/mol. The first-order valence-corrected chi connectivity index (χ1v) is 7.34. The number of nitrogens with one attached hydrogen (secondary N) is 1. The zero-order valence-electron chi connectivity index (χ0n) is 11.1. The van der Waals surface area contributed by atoms with E-state index in [1.54, 1.807) is 0 Å².